The van der Waals surface area contributed by atoms with Crippen molar-refractivity contribution in [2.75, 3.05) is 19.8 Å². The molecule has 0 aromatic carbocycles. The average molecular weight is 349 g/mol. The zero-order chi connectivity index (χ0) is 18.0. The highest BCUT2D eigenvalue weighted by Gasteiger charge is 2.40. The average Bonchev–Trinajstić information content (AvgIpc) is 3.21. The van der Waals surface area contributed by atoms with Gasteiger partial charge in [0, 0.05) is 37.6 Å². The Balaban J connectivity index is 1.70. The summed E-state index contributed by atoms with van der Waals surface area (Å²) in [4.78, 5) is 31.3. The molecule has 2 aliphatic rings. The van der Waals surface area contributed by atoms with E-state index < -0.39 is 0 Å². The maximum absolute atomic E-state index is 12.6. The summed E-state index contributed by atoms with van der Waals surface area (Å²) in [6, 6.07) is -0.262. The van der Waals surface area contributed by atoms with Crippen molar-refractivity contribution in [3.63, 3.8) is 0 Å². The summed E-state index contributed by atoms with van der Waals surface area (Å²) in [6.45, 7) is 7.39. The minimum Gasteiger partial charge on any atom is -0.381 e. The molecule has 0 aliphatic carbocycles. The van der Waals surface area contributed by atoms with Crippen LogP contribution in [-0.2, 0) is 14.3 Å². The molecule has 2 aliphatic heterocycles. The third kappa shape index (κ3) is 4.00. The van der Waals surface area contributed by atoms with Crippen molar-refractivity contribution in [2.45, 2.75) is 52.1 Å². The smallest absolute Gasteiger partial charge is 0.225 e. The van der Waals surface area contributed by atoms with E-state index in [1.807, 2.05) is 25.7 Å². The first kappa shape index (κ1) is 17.8. The Morgan fingerprint density at radius 2 is 2.04 bits per heavy atom. The lowest BCUT2D eigenvalue weighted by atomic mass is 9.99. The van der Waals surface area contributed by atoms with Crippen molar-refractivity contribution in [2.24, 2.45) is 11.8 Å². The molecule has 2 saturated heterocycles. The zero-order valence-corrected chi connectivity index (χ0v) is 15.1. The van der Waals surface area contributed by atoms with E-state index in [-0.39, 0.29) is 35.7 Å². The van der Waals surface area contributed by atoms with Gasteiger partial charge in [0.25, 0.3) is 0 Å². The highest BCUT2D eigenvalue weighted by molar-refractivity contribution is 5.80. The Morgan fingerprint density at radius 3 is 2.64 bits per heavy atom. The molecule has 3 heterocycles. The van der Waals surface area contributed by atoms with Gasteiger partial charge < -0.3 is 15.0 Å². The molecule has 138 valence electrons. The number of nitrogens with one attached hydrogen (secondary N) is 2. The van der Waals surface area contributed by atoms with Crippen LogP contribution in [0.4, 0.5) is 0 Å². The number of likely N-dealkylation sites (tertiary alicyclic amines) is 1. The summed E-state index contributed by atoms with van der Waals surface area (Å²) >= 11 is 0. The van der Waals surface area contributed by atoms with Crippen LogP contribution in [0, 0.1) is 18.8 Å². The number of carbonyl (C=O) groups excluding carboxylic acids is 2. The molecule has 0 saturated carbocycles. The molecule has 2 atom stereocenters. The van der Waals surface area contributed by atoms with Gasteiger partial charge in [0.1, 0.15) is 5.82 Å². The molecule has 2 N–H and O–H groups in total. The number of hydrogen-bond donors (Lipinski definition) is 2. The van der Waals surface area contributed by atoms with Crippen molar-refractivity contribution in [3.8, 4) is 0 Å². The number of hydrogen-bond acceptors (Lipinski definition) is 5. The maximum atomic E-state index is 12.6. The lowest BCUT2D eigenvalue weighted by Gasteiger charge is -2.25. The Kier molecular flexibility index (Phi) is 5.36. The Morgan fingerprint density at radius 1 is 1.32 bits per heavy atom. The molecule has 1 aromatic rings. The monoisotopic (exact) mass is 349 g/mol. The second-order valence-electron chi connectivity index (χ2n) is 7.27. The normalized spacial score (nSPS) is 24.7. The molecule has 0 radical (unpaired) electrons. The van der Waals surface area contributed by atoms with Crippen LogP contribution in [0.2, 0.25) is 0 Å². The summed E-state index contributed by atoms with van der Waals surface area (Å²) in [7, 11) is 0. The van der Waals surface area contributed by atoms with Crippen molar-refractivity contribution in [3.05, 3.63) is 11.6 Å². The summed E-state index contributed by atoms with van der Waals surface area (Å²) in [6.07, 6.45) is 2.16. The third-order valence-corrected chi connectivity index (χ3v) is 4.93. The van der Waals surface area contributed by atoms with Crippen LogP contribution in [0.15, 0.2) is 0 Å². The van der Waals surface area contributed by atoms with E-state index in [9.17, 15) is 9.59 Å². The number of H-pyrrole nitrogens is 1. The van der Waals surface area contributed by atoms with E-state index >= 15 is 0 Å². The van der Waals surface area contributed by atoms with Gasteiger partial charge >= 0.3 is 0 Å². The second-order valence-corrected chi connectivity index (χ2v) is 7.27. The number of carbonyl (C=O) groups is 2. The number of aromatic nitrogens is 3. The minimum atomic E-state index is -0.195. The quantitative estimate of drug-likeness (QED) is 0.843. The van der Waals surface area contributed by atoms with Crippen molar-refractivity contribution in [1.29, 1.82) is 0 Å². The predicted molar refractivity (Wildman–Crippen MR) is 90.5 cm³/mol. The maximum Gasteiger partial charge on any atom is 0.225 e. The molecular formula is C17H27N5O3. The molecule has 0 bridgehead atoms. The van der Waals surface area contributed by atoms with E-state index in [1.165, 1.54) is 0 Å². The van der Waals surface area contributed by atoms with Crippen LogP contribution in [-0.4, -0.2) is 57.7 Å². The van der Waals surface area contributed by atoms with Gasteiger partial charge in [-0.2, -0.15) is 5.10 Å². The van der Waals surface area contributed by atoms with Gasteiger partial charge in [-0.15, -0.1) is 0 Å². The minimum absolute atomic E-state index is 0.00723. The molecule has 3 rings (SSSR count). The van der Waals surface area contributed by atoms with Crippen molar-refractivity contribution >= 4 is 11.8 Å². The predicted octanol–water partition coefficient (Wildman–Crippen LogP) is 0.954. The fraction of sp³-hybridized carbons (Fsp3) is 0.765. The van der Waals surface area contributed by atoms with Gasteiger partial charge in [0.05, 0.1) is 6.04 Å². The largest absolute Gasteiger partial charge is 0.381 e. The van der Waals surface area contributed by atoms with E-state index in [2.05, 4.69) is 20.5 Å². The Labute approximate surface area is 147 Å². The molecule has 0 spiro atoms. The summed E-state index contributed by atoms with van der Waals surface area (Å²) in [5.74, 6) is 1.38. The first-order valence-corrected chi connectivity index (χ1v) is 9.03. The number of nitrogens with zero attached hydrogens (tertiary/aromatic N) is 3. The number of aromatic amines is 1. The van der Waals surface area contributed by atoms with Gasteiger partial charge in [-0.25, -0.2) is 4.98 Å². The third-order valence-electron chi connectivity index (χ3n) is 4.93. The summed E-state index contributed by atoms with van der Waals surface area (Å²) < 4.78 is 5.32. The van der Waals surface area contributed by atoms with E-state index in [0.29, 0.717) is 32.0 Å². The van der Waals surface area contributed by atoms with Gasteiger partial charge in [-0.1, -0.05) is 13.8 Å². The highest BCUT2D eigenvalue weighted by Crippen LogP contribution is 2.32. The first-order chi connectivity index (χ1) is 12.0. The fourth-order valence-corrected chi connectivity index (χ4v) is 3.55. The molecule has 8 heteroatoms. The topological polar surface area (TPSA) is 100 Å². The Hall–Kier alpha value is -1.96. The molecule has 1 aromatic heterocycles. The van der Waals surface area contributed by atoms with Crippen LogP contribution >= 0.6 is 0 Å². The molecule has 8 nitrogen and oxygen atoms in total. The van der Waals surface area contributed by atoms with Crippen LogP contribution in [0.3, 0.4) is 0 Å². The number of rotatable bonds is 4. The van der Waals surface area contributed by atoms with Crippen LogP contribution in [0.1, 0.15) is 50.8 Å². The van der Waals surface area contributed by atoms with Crippen molar-refractivity contribution in [1.82, 2.24) is 25.4 Å². The molecule has 25 heavy (non-hydrogen) atoms. The SMILES string of the molecule is Cc1nc([C@@H]2C[C@H](NC(=O)C3CCOCC3)CN2C(=O)C(C)C)n[nH]1. The molecule has 0 unspecified atom stereocenters. The van der Waals surface area contributed by atoms with Crippen LogP contribution < -0.4 is 5.32 Å². The number of ether oxygens (including phenoxy) is 1. The summed E-state index contributed by atoms with van der Waals surface area (Å²) in [5.41, 5.74) is 0. The molecule has 2 fully saturated rings. The van der Waals surface area contributed by atoms with Crippen LogP contribution in [0.5, 0.6) is 0 Å². The van der Waals surface area contributed by atoms with Gasteiger partial charge in [0.2, 0.25) is 11.8 Å². The van der Waals surface area contributed by atoms with E-state index in [1.54, 1.807) is 0 Å². The highest BCUT2D eigenvalue weighted by atomic mass is 16.5. The van der Waals surface area contributed by atoms with Crippen LogP contribution in [0.25, 0.3) is 0 Å². The fourth-order valence-electron chi connectivity index (χ4n) is 3.55. The number of aryl methyl sites for hydroxylation is 1. The van der Waals surface area contributed by atoms with E-state index in [4.69, 9.17) is 4.74 Å². The Bertz CT molecular complexity index is 624. The lowest BCUT2D eigenvalue weighted by molar-refractivity contribution is -0.136. The van der Waals surface area contributed by atoms with E-state index in [0.717, 1.165) is 18.7 Å². The zero-order valence-electron chi connectivity index (χ0n) is 15.1. The number of amides is 2. The lowest BCUT2D eigenvalue weighted by Crippen LogP contribution is -2.43. The molecular weight excluding hydrogens is 322 g/mol. The standard InChI is InChI=1S/C17H27N5O3/c1-10(2)17(24)22-9-13(8-14(22)15-18-11(3)20-21-15)19-16(23)12-4-6-25-7-5-12/h10,12-14H,4-9H2,1-3H3,(H,19,23)(H,18,20,21)/t13-,14-/m0/s1. The van der Waals surface area contributed by atoms with Gasteiger partial charge in [-0.05, 0) is 26.2 Å². The first-order valence-electron chi connectivity index (χ1n) is 9.03. The summed E-state index contributed by atoms with van der Waals surface area (Å²) in [5, 5.41) is 10.2. The molecule has 2 amide bonds. The van der Waals surface area contributed by atoms with Gasteiger partial charge in [0.15, 0.2) is 5.82 Å². The second kappa shape index (κ2) is 7.51. The van der Waals surface area contributed by atoms with Gasteiger partial charge in [-0.3, -0.25) is 14.7 Å². The van der Waals surface area contributed by atoms with Crippen molar-refractivity contribution < 1.29 is 14.3 Å².